The second-order valence-electron chi connectivity index (χ2n) is 17.6. The fraction of sp³-hybridized carbons (Fsp3) is 0.296. The highest BCUT2D eigenvalue weighted by atomic mass is 16.6. The van der Waals surface area contributed by atoms with Crippen LogP contribution in [0.5, 0.6) is 5.75 Å². The number of carbonyl (C=O) groups excluding carboxylic acids is 6. The van der Waals surface area contributed by atoms with E-state index < -0.39 is 89.4 Å². The summed E-state index contributed by atoms with van der Waals surface area (Å²) in [6, 6.07) is 31.3. The fourth-order valence-corrected chi connectivity index (χ4v) is 10.2. The number of urea groups is 2. The van der Waals surface area contributed by atoms with Crippen molar-refractivity contribution in [1.82, 2.24) is 20.9 Å². The molecule has 0 unspecified atom stereocenters. The molecule has 0 aromatic heterocycles. The Hall–Kier alpha value is -8.04. The standard InChI is InChI=1S/C54H54N6O11/c1-32(2)43(49(64)69-3)58-53(68)59-39-26-25-33(16-15-27-56-52(55)67)30-38(39)54(51(59)66)42(48(63)57-31-40(62)34-17-7-4-8-18-34)45-50(65)71-46(36-21-11-6-12-22-36)44(35-19-9-5-10-20-35)60(45)47(54)37-23-13-14-24-41(37)70-29-28-61/h4-14,17-26,30,32,40,42-47,61-62H,27-29,31H2,1-3H3,(H,57,63)(H,58,68)(H3,55,56,67)/t40-,42-,43-,44-,45-,46+,47+,54-/m0/s1. The van der Waals surface area contributed by atoms with Crippen molar-refractivity contribution in [2.45, 2.75) is 55.6 Å². The van der Waals surface area contributed by atoms with E-state index in [0.717, 1.165) is 4.90 Å². The van der Waals surface area contributed by atoms with Crippen LogP contribution in [0.1, 0.15) is 71.5 Å². The number of rotatable bonds is 14. The maximum atomic E-state index is 16.7. The Balaban J connectivity index is 1.46. The number of fused-ring (bicyclic) bond motifs is 3. The molecule has 2 saturated heterocycles. The van der Waals surface area contributed by atoms with Crippen LogP contribution in [-0.4, -0.2) is 96.4 Å². The Morgan fingerprint density at radius 1 is 0.845 bits per heavy atom. The number of carbonyl (C=O) groups is 6. The Kier molecular flexibility index (Phi) is 14.8. The summed E-state index contributed by atoms with van der Waals surface area (Å²) >= 11 is 0. The van der Waals surface area contributed by atoms with Gasteiger partial charge < -0.3 is 46.1 Å². The highest BCUT2D eigenvalue weighted by Crippen LogP contribution is 2.66. The van der Waals surface area contributed by atoms with E-state index in [4.69, 9.17) is 19.9 Å². The first kappa shape index (κ1) is 49.4. The Bertz CT molecular complexity index is 2860. The van der Waals surface area contributed by atoms with Gasteiger partial charge in [0.1, 0.15) is 36.0 Å². The van der Waals surface area contributed by atoms with Crippen molar-refractivity contribution in [1.29, 1.82) is 0 Å². The minimum Gasteiger partial charge on any atom is -0.491 e. The molecule has 3 aliphatic rings. The normalized spacial score (nSPS) is 22.0. The highest BCUT2D eigenvalue weighted by molar-refractivity contribution is 6.25. The van der Waals surface area contributed by atoms with Crippen LogP contribution in [0, 0.1) is 23.7 Å². The largest absolute Gasteiger partial charge is 0.491 e. The van der Waals surface area contributed by atoms with Crippen LogP contribution >= 0.6 is 0 Å². The van der Waals surface area contributed by atoms with E-state index in [1.54, 1.807) is 97.6 Å². The van der Waals surface area contributed by atoms with E-state index in [2.05, 4.69) is 27.8 Å². The Labute approximate surface area is 410 Å². The van der Waals surface area contributed by atoms with Crippen LogP contribution in [0.4, 0.5) is 15.3 Å². The van der Waals surface area contributed by atoms with E-state index in [1.807, 2.05) is 48.5 Å². The van der Waals surface area contributed by atoms with Crippen LogP contribution in [0.3, 0.4) is 0 Å². The molecule has 3 aliphatic heterocycles. The third-order valence-corrected chi connectivity index (χ3v) is 13.1. The van der Waals surface area contributed by atoms with Gasteiger partial charge in [-0.1, -0.05) is 135 Å². The summed E-state index contributed by atoms with van der Waals surface area (Å²) < 4.78 is 17.9. The molecule has 5 aromatic carbocycles. The monoisotopic (exact) mass is 962 g/mol. The van der Waals surface area contributed by atoms with Crippen molar-refractivity contribution < 1.29 is 53.2 Å². The number of aliphatic hydroxyl groups is 2. The number of morpholine rings is 1. The van der Waals surface area contributed by atoms with Gasteiger partial charge in [0.05, 0.1) is 50.1 Å². The number of ether oxygens (including phenoxy) is 3. The summed E-state index contributed by atoms with van der Waals surface area (Å²) in [7, 11) is 1.18. The van der Waals surface area contributed by atoms with Gasteiger partial charge in [-0.2, -0.15) is 0 Å². The number of amides is 6. The predicted molar refractivity (Wildman–Crippen MR) is 259 cm³/mol. The van der Waals surface area contributed by atoms with Crippen LogP contribution < -0.4 is 31.3 Å². The minimum absolute atomic E-state index is 0.00523. The van der Waals surface area contributed by atoms with Crippen LogP contribution in [0.25, 0.3) is 0 Å². The minimum atomic E-state index is -2.28. The average Bonchev–Trinajstić information content (AvgIpc) is 3.84. The van der Waals surface area contributed by atoms with E-state index in [9.17, 15) is 19.8 Å². The van der Waals surface area contributed by atoms with Crippen molar-refractivity contribution in [3.05, 3.63) is 167 Å². The number of hydrogen-bond acceptors (Lipinski definition) is 12. The summed E-state index contributed by atoms with van der Waals surface area (Å²) in [5.41, 5.74) is 5.48. The number of esters is 2. The number of nitrogens with one attached hydrogen (secondary N) is 3. The number of benzene rings is 5. The van der Waals surface area contributed by atoms with E-state index in [0.29, 0.717) is 22.3 Å². The number of methoxy groups -OCH3 is 1. The second-order valence-corrected chi connectivity index (χ2v) is 17.6. The zero-order chi connectivity index (χ0) is 50.4. The van der Waals surface area contributed by atoms with E-state index in [1.165, 1.54) is 13.2 Å². The Morgan fingerprint density at radius 3 is 2.14 bits per heavy atom. The molecule has 17 nitrogen and oxygen atoms in total. The lowest BCUT2D eigenvalue weighted by molar-refractivity contribution is -0.178. The third-order valence-electron chi connectivity index (χ3n) is 13.1. The fourth-order valence-electron chi connectivity index (χ4n) is 10.2. The molecule has 17 heteroatoms. The van der Waals surface area contributed by atoms with Crippen molar-refractivity contribution in [2.24, 2.45) is 17.6 Å². The number of imide groups is 1. The van der Waals surface area contributed by atoms with Crippen LogP contribution in [0.2, 0.25) is 0 Å². The summed E-state index contributed by atoms with van der Waals surface area (Å²) in [6.07, 6.45) is -2.27. The summed E-state index contributed by atoms with van der Waals surface area (Å²) in [5.74, 6) is 0.350. The molecular weight excluding hydrogens is 909 g/mol. The molecule has 0 radical (unpaired) electrons. The third kappa shape index (κ3) is 9.40. The lowest BCUT2D eigenvalue weighted by Gasteiger charge is -2.46. The topological polar surface area (TPSA) is 239 Å². The molecule has 6 amide bonds. The summed E-state index contributed by atoms with van der Waals surface area (Å²) in [4.78, 5) is 90.5. The molecule has 2 fully saturated rings. The van der Waals surface area contributed by atoms with E-state index in [-0.39, 0.29) is 48.9 Å². The smallest absolute Gasteiger partial charge is 0.329 e. The second kappa shape index (κ2) is 21.3. The zero-order valence-electron chi connectivity index (χ0n) is 39.2. The average molecular weight is 963 g/mol. The van der Waals surface area contributed by atoms with Gasteiger partial charge in [0.25, 0.3) is 0 Å². The summed E-state index contributed by atoms with van der Waals surface area (Å²) in [5, 5.41) is 29.6. The number of nitrogens with two attached hydrogens (primary N) is 1. The van der Waals surface area contributed by atoms with Crippen molar-refractivity contribution in [3.63, 3.8) is 0 Å². The first-order valence-corrected chi connectivity index (χ1v) is 23.1. The number of primary amides is 1. The van der Waals surface area contributed by atoms with Gasteiger partial charge in [-0.3, -0.25) is 19.3 Å². The molecular formula is C54H54N6O11. The van der Waals surface area contributed by atoms with Crippen molar-refractivity contribution >= 4 is 41.5 Å². The van der Waals surface area contributed by atoms with Gasteiger partial charge in [0.15, 0.2) is 0 Å². The molecule has 8 atom stereocenters. The van der Waals surface area contributed by atoms with Gasteiger partial charge >= 0.3 is 24.0 Å². The number of cyclic esters (lactones) is 1. The lowest BCUT2D eigenvalue weighted by Crippen LogP contribution is -2.58. The molecule has 5 aromatic rings. The lowest BCUT2D eigenvalue weighted by atomic mass is 9.65. The van der Waals surface area contributed by atoms with Crippen molar-refractivity contribution in [2.75, 3.05) is 38.3 Å². The molecule has 7 N–H and O–H groups in total. The van der Waals surface area contributed by atoms with Gasteiger partial charge in [0.2, 0.25) is 11.8 Å². The first-order valence-electron chi connectivity index (χ1n) is 23.1. The number of hydrogen-bond donors (Lipinski definition) is 6. The maximum absolute atomic E-state index is 16.7. The molecule has 71 heavy (non-hydrogen) atoms. The maximum Gasteiger partial charge on any atom is 0.329 e. The van der Waals surface area contributed by atoms with Gasteiger partial charge in [-0.15, -0.1) is 0 Å². The molecule has 366 valence electrons. The summed E-state index contributed by atoms with van der Waals surface area (Å²) in [6.45, 7) is 2.31. The SMILES string of the molecule is COC(=O)[C@@H](NC(=O)N1C(=O)[C@@]2(c3cc(C#CCNC(N)=O)ccc31)[C@H](C(=O)NC[C@H](O)c1ccccc1)[C@H]1C(=O)O[C@H](c3ccccc3)[C@H](c3ccccc3)N1[C@@H]2c1ccccc1OCCO)C(C)C. The van der Waals surface area contributed by atoms with Crippen molar-refractivity contribution in [3.8, 4) is 17.6 Å². The first-order chi connectivity index (χ1) is 34.3. The van der Waals surface area contributed by atoms with Gasteiger partial charge in [-0.25, -0.2) is 19.3 Å². The number of nitrogens with zero attached hydrogens (tertiary/aromatic N) is 2. The molecule has 3 heterocycles. The molecule has 0 aliphatic carbocycles. The van der Waals surface area contributed by atoms with Crippen LogP contribution in [0.15, 0.2) is 133 Å². The van der Waals surface area contributed by atoms with Gasteiger partial charge in [0, 0.05) is 17.7 Å². The van der Waals surface area contributed by atoms with Crippen LogP contribution in [-0.2, 0) is 34.1 Å². The zero-order valence-corrected chi connectivity index (χ0v) is 39.2. The highest BCUT2D eigenvalue weighted by Gasteiger charge is 2.76. The number of anilines is 1. The number of aliphatic hydroxyl groups excluding tert-OH is 2. The molecule has 0 bridgehead atoms. The molecule has 8 rings (SSSR count). The van der Waals surface area contributed by atoms with Gasteiger partial charge in [-0.05, 0) is 52.4 Å². The predicted octanol–water partition coefficient (Wildman–Crippen LogP) is 4.50. The van der Waals surface area contributed by atoms with E-state index >= 15 is 19.2 Å². The Morgan fingerprint density at radius 2 is 1.49 bits per heavy atom. The number of para-hydroxylation sites is 1. The molecule has 0 saturated carbocycles. The quantitative estimate of drug-likeness (QED) is 0.0667. The molecule has 1 spiro atoms.